The number of ether oxygens (including phenoxy) is 1. The normalized spacial score (nSPS) is 19.2. The number of para-hydroxylation sites is 1. The first-order chi connectivity index (χ1) is 13.6. The molecule has 2 aromatic rings. The second-order valence-corrected chi connectivity index (χ2v) is 7.20. The molecule has 1 saturated carbocycles. The summed E-state index contributed by atoms with van der Waals surface area (Å²) in [7, 11) is 1.79. The van der Waals surface area contributed by atoms with Crippen molar-refractivity contribution in [3.63, 3.8) is 0 Å². The molecule has 1 aliphatic carbocycles. The van der Waals surface area contributed by atoms with Crippen LogP contribution in [0.25, 0.3) is 0 Å². The third-order valence-electron chi connectivity index (χ3n) is 5.37. The maximum Gasteiger partial charge on any atom is 0.409 e. The van der Waals surface area contributed by atoms with Gasteiger partial charge in [-0.25, -0.2) is 9.79 Å². The van der Waals surface area contributed by atoms with E-state index in [4.69, 9.17) is 4.74 Å². The van der Waals surface area contributed by atoms with Crippen LogP contribution in [-0.4, -0.2) is 30.9 Å². The number of fused-ring (bicyclic) bond motifs is 1. The molecule has 1 aliphatic heterocycles. The van der Waals surface area contributed by atoms with Crippen molar-refractivity contribution >= 4 is 23.4 Å². The van der Waals surface area contributed by atoms with Crippen molar-refractivity contribution in [2.45, 2.75) is 32.0 Å². The Balaban J connectivity index is 1.53. The minimum Gasteiger partial charge on any atom is -0.445 e. The third kappa shape index (κ3) is 3.63. The average Bonchev–Trinajstić information content (AvgIpc) is 2.77. The molecule has 0 radical (unpaired) electrons. The topological polar surface area (TPSA) is 71.0 Å². The van der Waals surface area contributed by atoms with Crippen molar-refractivity contribution in [3.05, 3.63) is 65.7 Å². The van der Waals surface area contributed by atoms with Crippen LogP contribution in [0.5, 0.6) is 0 Å². The third-order valence-corrected chi connectivity index (χ3v) is 5.37. The van der Waals surface area contributed by atoms with E-state index in [9.17, 15) is 9.59 Å². The SMILES string of the molecule is CN1c2ccccc2C(C2CCC2)=NC(=O)[C@@H]1NC(=O)OCc1ccccc1. The number of hydrogen-bond donors (Lipinski definition) is 1. The summed E-state index contributed by atoms with van der Waals surface area (Å²) in [6.45, 7) is 0.143. The molecule has 0 unspecified atom stereocenters. The minimum absolute atomic E-state index is 0.143. The Morgan fingerprint density at radius 3 is 2.57 bits per heavy atom. The van der Waals surface area contributed by atoms with E-state index in [0.717, 1.165) is 41.8 Å². The van der Waals surface area contributed by atoms with Crippen molar-refractivity contribution in [2.24, 2.45) is 10.9 Å². The van der Waals surface area contributed by atoms with Gasteiger partial charge in [0.25, 0.3) is 5.91 Å². The lowest BCUT2D eigenvalue weighted by atomic mass is 9.79. The molecule has 2 aromatic carbocycles. The first-order valence-corrected chi connectivity index (χ1v) is 9.55. The number of alkyl carbamates (subject to hydrolysis) is 1. The van der Waals surface area contributed by atoms with Crippen molar-refractivity contribution in [3.8, 4) is 0 Å². The standard InChI is InChI=1S/C22H23N3O3/c1-25-18-13-6-5-12-17(18)19(16-10-7-11-16)23-21(26)20(25)24-22(27)28-14-15-8-3-2-4-9-15/h2-6,8-9,12-13,16,20H,7,10-11,14H2,1H3,(H,24,27)/t20-/m1/s1. The zero-order valence-corrected chi connectivity index (χ0v) is 15.8. The second-order valence-electron chi connectivity index (χ2n) is 7.20. The molecule has 28 heavy (non-hydrogen) atoms. The lowest BCUT2D eigenvalue weighted by molar-refractivity contribution is -0.119. The Morgan fingerprint density at radius 1 is 1.14 bits per heavy atom. The quantitative estimate of drug-likeness (QED) is 0.885. The van der Waals surface area contributed by atoms with Crippen LogP contribution >= 0.6 is 0 Å². The lowest BCUT2D eigenvalue weighted by Gasteiger charge is -2.29. The fourth-order valence-corrected chi connectivity index (χ4v) is 3.57. The minimum atomic E-state index is -0.901. The molecule has 1 N–H and O–H groups in total. The molecule has 6 heteroatoms. The Kier molecular flexibility index (Phi) is 5.10. The van der Waals surface area contributed by atoms with Crippen molar-refractivity contribution in [2.75, 3.05) is 11.9 Å². The van der Waals surface area contributed by atoms with Crippen molar-refractivity contribution in [1.29, 1.82) is 0 Å². The van der Waals surface area contributed by atoms with Gasteiger partial charge in [-0.3, -0.25) is 10.1 Å². The first kappa shape index (κ1) is 18.2. The molecule has 0 aromatic heterocycles. The highest BCUT2D eigenvalue weighted by Gasteiger charge is 2.35. The number of aliphatic imine (C=N–C) groups is 1. The summed E-state index contributed by atoms with van der Waals surface area (Å²) in [5.74, 6) is -0.0699. The van der Waals surface area contributed by atoms with Gasteiger partial charge >= 0.3 is 6.09 Å². The Morgan fingerprint density at radius 2 is 1.86 bits per heavy atom. The molecule has 2 aliphatic rings. The second kappa shape index (κ2) is 7.84. The van der Waals surface area contributed by atoms with Crippen LogP contribution in [0.2, 0.25) is 0 Å². The van der Waals surface area contributed by atoms with Gasteiger partial charge in [0.2, 0.25) is 0 Å². The van der Waals surface area contributed by atoms with E-state index in [1.165, 1.54) is 0 Å². The summed E-state index contributed by atoms with van der Waals surface area (Å²) in [5.41, 5.74) is 3.56. The van der Waals surface area contributed by atoms with Gasteiger partial charge < -0.3 is 9.64 Å². The van der Waals surface area contributed by atoms with E-state index in [1.54, 1.807) is 11.9 Å². The van der Waals surface area contributed by atoms with Crippen LogP contribution in [0.1, 0.15) is 30.4 Å². The number of nitrogens with one attached hydrogen (secondary N) is 1. The first-order valence-electron chi connectivity index (χ1n) is 9.55. The van der Waals surface area contributed by atoms with E-state index in [-0.39, 0.29) is 12.5 Å². The predicted molar refractivity (Wildman–Crippen MR) is 107 cm³/mol. The number of carbonyl (C=O) groups excluding carboxylic acids is 2. The van der Waals surface area contributed by atoms with E-state index >= 15 is 0 Å². The van der Waals surface area contributed by atoms with E-state index in [2.05, 4.69) is 10.3 Å². The maximum absolute atomic E-state index is 12.9. The van der Waals surface area contributed by atoms with Gasteiger partial charge in [0, 0.05) is 24.2 Å². The molecule has 144 valence electrons. The van der Waals surface area contributed by atoms with Crippen LogP contribution in [0.15, 0.2) is 59.6 Å². The maximum atomic E-state index is 12.9. The van der Waals surface area contributed by atoms with E-state index in [1.807, 2.05) is 54.6 Å². The molecule has 1 fully saturated rings. The molecular formula is C22H23N3O3. The summed E-state index contributed by atoms with van der Waals surface area (Å²) in [6.07, 6.45) is 1.70. The lowest BCUT2D eigenvalue weighted by Crippen LogP contribution is -2.51. The van der Waals surface area contributed by atoms with Gasteiger partial charge in [-0.1, -0.05) is 55.0 Å². The van der Waals surface area contributed by atoms with Crippen LogP contribution in [0, 0.1) is 5.92 Å². The Labute approximate surface area is 164 Å². The van der Waals surface area contributed by atoms with Gasteiger partial charge in [0.05, 0.1) is 5.71 Å². The largest absolute Gasteiger partial charge is 0.445 e. The van der Waals surface area contributed by atoms with E-state index < -0.39 is 12.3 Å². The average molecular weight is 377 g/mol. The number of anilines is 1. The number of carbonyl (C=O) groups is 2. The van der Waals surface area contributed by atoms with Gasteiger partial charge in [-0.15, -0.1) is 0 Å². The van der Waals surface area contributed by atoms with Crippen LogP contribution in [0.3, 0.4) is 0 Å². The Bertz CT molecular complexity index is 906. The van der Waals surface area contributed by atoms with Crippen molar-refractivity contribution in [1.82, 2.24) is 5.32 Å². The molecular weight excluding hydrogens is 354 g/mol. The molecule has 0 spiro atoms. The molecule has 6 nitrogen and oxygen atoms in total. The number of amides is 2. The number of nitrogens with zero attached hydrogens (tertiary/aromatic N) is 2. The summed E-state index contributed by atoms with van der Waals surface area (Å²) in [5, 5.41) is 2.67. The van der Waals surface area contributed by atoms with Crippen LogP contribution in [-0.2, 0) is 16.1 Å². The smallest absolute Gasteiger partial charge is 0.409 e. The molecule has 0 saturated heterocycles. The molecule has 1 atom stereocenters. The van der Waals surface area contributed by atoms with Gasteiger partial charge in [-0.05, 0) is 24.5 Å². The summed E-state index contributed by atoms with van der Waals surface area (Å²) >= 11 is 0. The Hall–Kier alpha value is -3.15. The summed E-state index contributed by atoms with van der Waals surface area (Å²) in [6, 6.07) is 17.2. The van der Waals surface area contributed by atoms with E-state index in [0.29, 0.717) is 5.92 Å². The van der Waals surface area contributed by atoms with Crippen LogP contribution < -0.4 is 10.2 Å². The zero-order chi connectivity index (χ0) is 19.5. The van der Waals surface area contributed by atoms with Crippen molar-refractivity contribution < 1.29 is 14.3 Å². The number of rotatable bonds is 4. The van der Waals surface area contributed by atoms with Gasteiger partial charge in [0.15, 0.2) is 6.17 Å². The summed E-state index contributed by atoms with van der Waals surface area (Å²) in [4.78, 5) is 31.3. The summed E-state index contributed by atoms with van der Waals surface area (Å²) < 4.78 is 5.29. The molecule has 1 heterocycles. The highest BCUT2D eigenvalue weighted by Crippen LogP contribution is 2.35. The fourth-order valence-electron chi connectivity index (χ4n) is 3.57. The van der Waals surface area contributed by atoms with Crippen LogP contribution in [0.4, 0.5) is 10.5 Å². The monoisotopic (exact) mass is 377 g/mol. The number of benzodiazepines with no additional fused rings is 1. The van der Waals surface area contributed by atoms with Gasteiger partial charge in [-0.2, -0.15) is 0 Å². The number of hydrogen-bond acceptors (Lipinski definition) is 4. The zero-order valence-electron chi connectivity index (χ0n) is 15.8. The number of likely N-dealkylation sites (N-methyl/N-ethyl adjacent to an activating group) is 1. The fraction of sp³-hybridized carbons (Fsp3) is 0.318. The number of benzene rings is 2. The molecule has 2 amide bonds. The molecule has 4 rings (SSSR count). The van der Waals surface area contributed by atoms with Gasteiger partial charge in [0.1, 0.15) is 6.61 Å². The highest BCUT2D eigenvalue weighted by atomic mass is 16.5. The molecule has 0 bridgehead atoms. The predicted octanol–water partition coefficient (Wildman–Crippen LogP) is 3.50. The highest BCUT2D eigenvalue weighted by molar-refractivity contribution is 6.14.